The monoisotopic (exact) mass is 713 g/mol. The molecule has 6 rings (SSSR count). The van der Waals surface area contributed by atoms with Crippen molar-refractivity contribution in [3.63, 3.8) is 0 Å². The third kappa shape index (κ3) is 8.15. The quantitative estimate of drug-likeness (QED) is 0.236. The zero-order chi connectivity index (χ0) is 36.5. The van der Waals surface area contributed by atoms with Crippen molar-refractivity contribution in [3.05, 3.63) is 83.3 Å². The molecule has 0 spiro atoms. The average Bonchev–Trinajstić information content (AvgIpc) is 3.58. The van der Waals surface area contributed by atoms with Crippen LogP contribution in [0.5, 0.6) is 5.88 Å². The fraction of sp³-hybridized carbons (Fsp3) is 0.447. The molecule has 51 heavy (non-hydrogen) atoms. The van der Waals surface area contributed by atoms with Gasteiger partial charge in [-0.15, -0.1) is 0 Å². The molecule has 4 aromatic rings. The Balaban J connectivity index is 1.45. The fourth-order valence-corrected chi connectivity index (χ4v) is 8.03. The number of carbonyl (C=O) groups excluding carboxylic acids is 1. The van der Waals surface area contributed by atoms with E-state index in [2.05, 4.69) is 52.3 Å². The van der Waals surface area contributed by atoms with Crippen molar-refractivity contribution in [3.8, 4) is 17.1 Å². The molecule has 4 bridgehead atoms. The number of sulfonamides is 1. The Morgan fingerprint density at radius 2 is 1.78 bits per heavy atom. The molecule has 2 aromatic heterocycles. The Morgan fingerprint density at radius 3 is 2.51 bits per heavy atom. The van der Waals surface area contributed by atoms with Crippen LogP contribution in [0.15, 0.2) is 65.7 Å². The summed E-state index contributed by atoms with van der Waals surface area (Å²) in [5.74, 6) is 0.938. The molecule has 0 saturated carbocycles. The van der Waals surface area contributed by atoms with Crippen LogP contribution in [0.25, 0.3) is 11.3 Å². The van der Waals surface area contributed by atoms with Crippen LogP contribution in [-0.4, -0.2) is 77.6 Å². The molecular formula is C38H47N7O5S. The van der Waals surface area contributed by atoms with Crippen molar-refractivity contribution in [1.29, 1.82) is 0 Å². The van der Waals surface area contributed by atoms with Crippen molar-refractivity contribution in [1.82, 2.24) is 24.8 Å². The van der Waals surface area contributed by atoms with Gasteiger partial charge in [-0.2, -0.15) is 4.98 Å². The number of ether oxygens (including phenoxy) is 2. The minimum absolute atomic E-state index is 0.0236. The highest BCUT2D eigenvalue weighted by Gasteiger charge is 2.34. The third-order valence-corrected chi connectivity index (χ3v) is 10.9. The molecule has 2 aliphatic heterocycles. The summed E-state index contributed by atoms with van der Waals surface area (Å²) in [5, 5.41) is 0. The van der Waals surface area contributed by atoms with Gasteiger partial charge in [0.15, 0.2) is 0 Å². The zero-order valence-corrected chi connectivity index (χ0v) is 31.2. The van der Waals surface area contributed by atoms with Crippen molar-refractivity contribution in [2.24, 2.45) is 5.41 Å². The van der Waals surface area contributed by atoms with Crippen LogP contribution < -0.4 is 14.4 Å². The lowest BCUT2D eigenvalue weighted by atomic mass is 9.87. The molecule has 1 amide bonds. The molecule has 4 heterocycles. The van der Waals surface area contributed by atoms with Crippen LogP contribution in [0.2, 0.25) is 0 Å². The van der Waals surface area contributed by atoms with Crippen LogP contribution in [0.1, 0.15) is 74.3 Å². The number of fused-ring (bicyclic) bond motifs is 4. The van der Waals surface area contributed by atoms with Crippen LogP contribution in [0.4, 0.5) is 11.8 Å². The predicted molar refractivity (Wildman–Crippen MR) is 196 cm³/mol. The van der Waals surface area contributed by atoms with Gasteiger partial charge in [0.2, 0.25) is 11.8 Å². The maximum absolute atomic E-state index is 14.6. The number of rotatable bonds is 7. The van der Waals surface area contributed by atoms with Gasteiger partial charge in [-0.05, 0) is 80.8 Å². The van der Waals surface area contributed by atoms with Crippen molar-refractivity contribution in [2.75, 3.05) is 29.9 Å². The summed E-state index contributed by atoms with van der Waals surface area (Å²) in [5.41, 5.74) is 3.32. The number of carbonyl (C=O) groups is 1. The Labute approximate surface area is 300 Å². The summed E-state index contributed by atoms with van der Waals surface area (Å²) in [4.78, 5) is 37.1. The SMILES string of the molecule is COC(C)[C@@H]1CCCN1c1ccnc(CN2C(=O)c3cccc(c3)S(=O)(=O)Nc3nc(cc(-c4c(C)cccc4C)n3)OC[C@H]2CC(C)(C)C)n1. The number of hydrogen-bond acceptors (Lipinski definition) is 10. The van der Waals surface area contributed by atoms with Crippen molar-refractivity contribution in [2.45, 2.75) is 90.4 Å². The minimum atomic E-state index is -4.19. The number of amides is 1. The molecule has 1 N–H and O–H groups in total. The molecule has 1 saturated heterocycles. The minimum Gasteiger partial charge on any atom is -0.475 e. The van der Waals surface area contributed by atoms with E-state index < -0.39 is 16.1 Å². The molecule has 1 unspecified atom stereocenters. The van der Waals surface area contributed by atoms with Gasteiger partial charge in [0.25, 0.3) is 15.9 Å². The van der Waals surface area contributed by atoms with Gasteiger partial charge in [0.05, 0.1) is 35.3 Å². The maximum Gasteiger partial charge on any atom is 0.264 e. The van der Waals surface area contributed by atoms with Crippen LogP contribution in [0.3, 0.4) is 0 Å². The van der Waals surface area contributed by atoms with Gasteiger partial charge in [-0.1, -0.05) is 45.0 Å². The standard InChI is InChI=1S/C38H47N7O5S/c1-24-11-8-12-25(2)35(24)30-20-34-42-37(40-30)43-51(47,48)29-14-9-13-27(19-29)36(46)45(28(23-50-34)21-38(4,5)6)22-32-39-17-16-33(41-32)44-18-10-15-31(44)26(3)49-7/h8-9,11-14,16-17,19-20,26,28,31H,10,15,18,21-23H2,1-7H3,(H,40,42,43)/t26?,28-,31+/m1/s1. The Hall–Kier alpha value is -4.62. The van der Waals surface area contributed by atoms with Crippen molar-refractivity contribution >= 4 is 27.7 Å². The Bertz CT molecular complexity index is 2000. The predicted octanol–water partition coefficient (Wildman–Crippen LogP) is 6.19. The van der Waals surface area contributed by atoms with Gasteiger partial charge in [0, 0.05) is 37.0 Å². The second-order valence-electron chi connectivity index (χ2n) is 14.7. The summed E-state index contributed by atoms with van der Waals surface area (Å²) in [6.07, 6.45) is 4.33. The summed E-state index contributed by atoms with van der Waals surface area (Å²) < 4.78 is 42.1. The Morgan fingerprint density at radius 1 is 1.04 bits per heavy atom. The molecule has 1 fully saturated rings. The molecular weight excluding hydrogens is 667 g/mol. The first-order valence-electron chi connectivity index (χ1n) is 17.4. The lowest BCUT2D eigenvalue weighted by molar-refractivity contribution is 0.0505. The molecule has 12 nitrogen and oxygen atoms in total. The van der Waals surface area contributed by atoms with E-state index in [1.807, 2.05) is 38.1 Å². The van der Waals surface area contributed by atoms with Gasteiger partial charge in [-0.25, -0.2) is 28.1 Å². The number of methoxy groups -OCH3 is 1. The molecule has 0 radical (unpaired) electrons. The molecule has 0 aliphatic carbocycles. The molecule has 2 aliphatic rings. The number of nitrogens with zero attached hydrogens (tertiary/aromatic N) is 6. The van der Waals surface area contributed by atoms with E-state index in [0.29, 0.717) is 17.9 Å². The van der Waals surface area contributed by atoms with E-state index in [4.69, 9.17) is 14.5 Å². The van der Waals surface area contributed by atoms with E-state index >= 15 is 0 Å². The highest BCUT2D eigenvalue weighted by atomic mass is 32.2. The van der Waals surface area contributed by atoms with E-state index in [9.17, 15) is 13.2 Å². The van der Waals surface area contributed by atoms with Gasteiger partial charge < -0.3 is 19.3 Å². The van der Waals surface area contributed by atoms with Crippen LogP contribution in [0, 0.1) is 19.3 Å². The van der Waals surface area contributed by atoms with E-state index in [-0.39, 0.29) is 58.9 Å². The topological polar surface area (TPSA) is 140 Å². The highest BCUT2D eigenvalue weighted by molar-refractivity contribution is 7.92. The van der Waals surface area contributed by atoms with Crippen molar-refractivity contribution < 1.29 is 22.7 Å². The van der Waals surface area contributed by atoms with Crippen LogP contribution >= 0.6 is 0 Å². The molecule has 2 aromatic carbocycles. The summed E-state index contributed by atoms with van der Waals surface area (Å²) in [7, 11) is -2.47. The normalized spacial score (nSPS) is 19.7. The van der Waals surface area contributed by atoms with E-state index in [0.717, 1.165) is 41.9 Å². The average molecular weight is 714 g/mol. The van der Waals surface area contributed by atoms with Gasteiger partial charge in [0.1, 0.15) is 18.2 Å². The smallest absolute Gasteiger partial charge is 0.264 e. The summed E-state index contributed by atoms with van der Waals surface area (Å²) >= 11 is 0. The van der Waals surface area contributed by atoms with Crippen LogP contribution in [-0.2, 0) is 21.3 Å². The first kappa shape index (κ1) is 36.2. The highest BCUT2D eigenvalue weighted by Crippen LogP contribution is 2.32. The second kappa shape index (κ2) is 14.5. The third-order valence-electron chi connectivity index (χ3n) is 9.54. The fourth-order valence-electron chi connectivity index (χ4n) is 7.05. The Kier molecular flexibility index (Phi) is 10.3. The van der Waals surface area contributed by atoms with Gasteiger partial charge >= 0.3 is 0 Å². The number of nitrogens with one attached hydrogen (secondary N) is 1. The lowest BCUT2D eigenvalue weighted by Gasteiger charge is -2.35. The number of benzene rings is 2. The number of anilines is 2. The van der Waals surface area contributed by atoms with E-state index in [1.165, 1.54) is 12.1 Å². The largest absolute Gasteiger partial charge is 0.475 e. The first-order valence-corrected chi connectivity index (χ1v) is 18.8. The van der Waals surface area contributed by atoms with E-state index in [1.54, 1.807) is 36.4 Å². The summed E-state index contributed by atoms with van der Waals surface area (Å²) in [6, 6.07) is 15.3. The number of hydrogen-bond donors (Lipinski definition) is 1. The lowest BCUT2D eigenvalue weighted by Crippen LogP contribution is -2.45. The first-order chi connectivity index (χ1) is 24.2. The molecule has 270 valence electrons. The summed E-state index contributed by atoms with van der Waals surface area (Å²) in [6.45, 7) is 13.3. The molecule has 13 heteroatoms. The second-order valence-corrected chi connectivity index (χ2v) is 16.3. The number of aryl methyl sites for hydroxylation is 2. The zero-order valence-electron chi connectivity index (χ0n) is 30.4. The molecule has 3 atom stereocenters. The number of aromatic nitrogens is 4. The maximum atomic E-state index is 14.6. The van der Waals surface area contributed by atoms with Gasteiger partial charge in [-0.3, -0.25) is 4.79 Å².